The standard InChI is InChI=1S/C12H16BrNO/c1-10-6-2-3-7-11(10)14-12(15)8-4-5-9-13/h2-3,6-7H,4-5,8-9H2,1H3,(H,14,15). The third-order valence-corrected chi connectivity index (χ3v) is 2.77. The molecule has 1 amide bonds. The minimum absolute atomic E-state index is 0.102. The van der Waals surface area contributed by atoms with E-state index in [-0.39, 0.29) is 5.91 Å². The highest BCUT2D eigenvalue weighted by atomic mass is 79.9. The highest BCUT2D eigenvalue weighted by Crippen LogP contribution is 2.13. The molecule has 82 valence electrons. The SMILES string of the molecule is Cc1ccccc1NC(=O)CCCCBr. The molecule has 0 fully saturated rings. The Morgan fingerprint density at radius 1 is 1.33 bits per heavy atom. The second-order valence-corrected chi connectivity index (χ2v) is 4.30. The number of anilines is 1. The second kappa shape index (κ2) is 6.62. The lowest BCUT2D eigenvalue weighted by Crippen LogP contribution is -2.11. The number of amides is 1. The fraction of sp³-hybridized carbons (Fsp3) is 0.417. The maximum absolute atomic E-state index is 11.5. The number of alkyl halides is 1. The number of benzene rings is 1. The Balaban J connectivity index is 2.41. The van der Waals surface area contributed by atoms with E-state index in [1.807, 2.05) is 31.2 Å². The summed E-state index contributed by atoms with van der Waals surface area (Å²) in [5, 5.41) is 3.88. The van der Waals surface area contributed by atoms with Crippen LogP contribution in [0.1, 0.15) is 24.8 Å². The summed E-state index contributed by atoms with van der Waals surface area (Å²) in [5.74, 6) is 0.102. The summed E-state index contributed by atoms with van der Waals surface area (Å²) in [6.07, 6.45) is 2.57. The van der Waals surface area contributed by atoms with Crippen molar-refractivity contribution in [2.75, 3.05) is 10.6 Å². The molecule has 0 aliphatic carbocycles. The van der Waals surface area contributed by atoms with Gasteiger partial charge in [0.15, 0.2) is 0 Å². The number of hydrogen-bond acceptors (Lipinski definition) is 1. The Hall–Kier alpha value is -0.830. The van der Waals surface area contributed by atoms with Crippen LogP contribution in [0.5, 0.6) is 0 Å². The average Bonchev–Trinajstić information content (AvgIpc) is 2.22. The monoisotopic (exact) mass is 269 g/mol. The number of carbonyl (C=O) groups excluding carboxylic acids is 1. The lowest BCUT2D eigenvalue weighted by Gasteiger charge is -2.07. The van der Waals surface area contributed by atoms with E-state index in [2.05, 4.69) is 21.2 Å². The molecule has 1 rings (SSSR count). The zero-order chi connectivity index (χ0) is 11.1. The van der Waals surface area contributed by atoms with Gasteiger partial charge >= 0.3 is 0 Å². The topological polar surface area (TPSA) is 29.1 Å². The van der Waals surface area contributed by atoms with Crippen LogP contribution in [0.4, 0.5) is 5.69 Å². The van der Waals surface area contributed by atoms with Gasteiger partial charge in [-0.05, 0) is 31.4 Å². The van der Waals surface area contributed by atoms with E-state index in [0.29, 0.717) is 6.42 Å². The quantitative estimate of drug-likeness (QED) is 0.644. The van der Waals surface area contributed by atoms with Crippen molar-refractivity contribution < 1.29 is 4.79 Å². The molecular formula is C12H16BrNO. The highest BCUT2D eigenvalue weighted by molar-refractivity contribution is 9.09. The predicted molar refractivity (Wildman–Crippen MR) is 67.5 cm³/mol. The molecule has 0 saturated heterocycles. The molecule has 0 atom stereocenters. The first-order valence-electron chi connectivity index (χ1n) is 5.15. The summed E-state index contributed by atoms with van der Waals surface area (Å²) in [4.78, 5) is 11.5. The van der Waals surface area contributed by atoms with E-state index in [9.17, 15) is 4.79 Å². The zero-order valence-corrected chi connectivity index (χ0v) is 10.5. The van der Waals surface area contributed by atoms with Gasteiger partial charge < -0.3 is 5.32 Å². The van der Waals surface area contributed by atoms with Gasteiger partial charge in [-0.15, -0.1) is 0 Å². The van der Waals surface area contributed by atoms with Gasteiger partial charge in [0.25, 0.3) is 0 Å². The largest absolute Gasteiger partial charge is 0.326 e. The molecule has 2 nitrogen and oxygen atoms in total. The maximum atomic E-state index is 11.5. The van der Waals surface area contributed by atoms with Crippen molar-refractivity contribution in [2.45, 2.75) is 26.2 Å². The third kappa shape index (κ3) is 4.47. The van der Waals surface area contributed by atoms with Crippen LogP contribution >= 0.6 is 15.9 Å². The van der Waals surface area contributed by atoms with Crippen molar-refractivity contribution >= 4 is 27.5 Å². The van der Waals surface area contributed by atoms with Crippen molar-refractivity contribution in [3.8, 4) is 0 Å². The van der Waals surface area contributed by atoms with Crippen molar-refractivity contribution in [1.29, 1.82) is 0 Å². The summed E-state index contributed by atoms with van der Waals surface area (Å²) >= 11 is 3.35. The fourth-order valence-electron chi connectivity index (χ4n) is 1.31. The summed E-state index contributed by atoms with van der Waals surface area (Å²) < 4.78 is 0. The maximum Gasteiger partial charge on any atom is 0.224 e. The van der Waals surface area contributed by atoms with Gasteiger partial charge in [0.05, 0.1) is 0 Å². The Kier molecular flexibility index (Phi) is 5.40. The van der Waals surface area contributed by atoms with Crippen LogP contribution in [0.15, 0.2) is 24.3 Å². The lowest BCUT2D eigenvalue weighted by molar-refractivity contribution is -0.116. The van der Waals surface area contributed by atoms with Gasteiger partial charge in [0.2, 0.25) is 5.91 Å². The van der Waals surface area contributed by atoms with Gasteiger partial charge in [-0.1, -0.05) is 34.1 Å². The van der Waals surface area contributed by atoms with Gasteiger partial charge in [-0.3, -0.25) is 4.79 Å². The second-order valence-electron chi connectivity index (χ2n) is 3.51. The van der Waals surface area contributed by atoms with Crippen molar-refractivity contribution in [2.24, 2.45) is 0 Å². The predicted octanol–water partition coefficient (Wildman–Crippen LogP) is 3.50. The minimum atomic E-state index is 0.102. The molecule has 0 spiro atoms. The number of para-hydroxylation sites is 1. The summed E-state index contributed by atoms with van der Waals surface area (Å²) in [6, 6.07) is 7.82. The van der Waals surface area contributed by atoms with E-state index in [4.69, 9.17) is 0 Å². The molecule has 0 radical (unpaired) electrons. The van der Waals surface area contributed by atoms with Gasteiger partial charge in [-0.2, -0.15) is 0 Å². The van der Waals surface area contributed by atoms with E-state index in [0.717, 1.165) is 29.4 Å². The number of carbonyl (C=O) groups is 1. The first-order valence-corrected chi connectivity index (χ1v) is 6.27. The summed E-state index contributed by atoms with van der Waals surface area (Å²) in [7, 11) is 0. The van der Waals surface area contributed by atoms with Crippen LogP contribution in [0.2, 0.25) is 0 Å². The first kappa shape index (κ1) is 12.2. The molecule has 15 heavy (non-hydrogen) atoms. The number of rotatable bonds is 5. The smallest absolute Gasteiger partial charge is 0.224 e. The molecule has 0 bridgehead atoms. The molecule has 1 aromatic carbocycles. The van der Waals surface area contributed by atoms with Crippen LogP contribution in [0.25, 0.3) is 0 Å². The molecule has 1 aromatic rings. The van der Waals surface area contributed by atoms with Crippen LogP contribution in [-0.4, -0.2) is 11.2 Å². The van der Waals surface area contributed by atoms with Gasteiger partial charge in [0.1, 0.15) is 0 Å². The summed E-state index contributed by atoms with van der Waals surface area (Å²) in [6.45, 7) is 1.99. The van der Waals surface area contributed by atoms with E-state index in [1.165, 1.54) is 0 Å². The van der Waals surface area contributed by atoms with Crippen molar-refractivity contribution in [3.63, 3.8) is 0 Å². The summed E-state index contributed by atoms with van der Waals surface area (Å²) in [5.41, 5.74) is 2.02. The molecule has 0 heterocycles. The number of halogens is 1. The Morgan fingerprint density at radius 3 is 2.73 bits per heavy atom. The average molecular weight is 270 g/mol. The number of hydrogen-bond donors (Lipinski definition) is 1. The number of nitrogens with one attached hydrogen (secondary N) is 1. The Morgan fingerprint density at radius 2 is 2.07 bits per heavy atom. The minimum Gasteiger partial charge on any atom is -0.326 e. The third-order valence-electron chi connectivity index (χ3n) is 2.21. The Labute approximate surface area is 99.2 Å². The normalized spacial score (nSPS) is 10.0. The first-order chi connectivity index (χ1) is 7.24. The van der Waals surface area contributed by atoms with Gasteiger partial charge in [-0.25, -0.2) is 0 Å². The molecule has 0 aromatic heterocycles. The zero-order valence-electron chi connectivity index (χ0n) is 8.92. The molecule has 0 saturated carbocycles. The van der Waals surface area contributed by atoms with Gasteiger partial charge in [0, 0.05) is 17.4 Å². The molecule has 1 N–H and O–H groups in total. The van der Waals surface area contributed by atoms with E-state index >= 15 is 0 Å². The Bertz CT molecular complexity index is 325. The van der Waals surface area contributed by atoms with Crippen LogP contribution in [-0.2, 0) is 4.79 Å². The molecular weight excluding hydrogens is 254 g/mol. The number of unbranched alkanes of at least 4 members (excludes halogenated alkanes) is 1. The van der Waals surface area contributed by atoms with Crippen LogP contribution in [0, 0.1) is 6.92 Å². The molecule has 0 aliphatic heterocycles. The van der Waals surface area contributed by atoms with Crippen LogP contribution in [0.3, 0.4) is 0 Å². The highest BCUT2D eigenvalue weighted by Gasteiger charge is 2.03. The van der Waals surface area contributed by atoms with E-state index in [1.54, 1.807) is 0 Å². The fourth-order valence-corrected chi connectivity index (χ4v) is 1.70. The van der Waals surface area contributed by atoms with Crippen molar-refractivity contribution in [3.05, 3.63) is 29.8 Å². The van der Waals surface area contributed by atoms with Crippen LogP contribution < -0.4 is 5.32 Å². The van der Waals surface area contributed by atoms with E-state index < -0.39 is 0 Å². The van der Waals surface area contributed by atoms with Crippen molar-refractivity contribution in [1.82, 2.24) is 0 Å². The molecule has 0 aliphatic rings. The molecule has 0 unspecified atom stereocenters. The molecule has 3 heteroatoms. The number of aryl methyl sites for hydroxylation is 1. The lowest BCUT2D eigenvalue weighted by atomic mass is 10.2.